The summed E-state index contributed by atoms with van der Waals surface area (Å²) >= 11 is 0. The van der Waals surface area contributed by atoms with E-state index < -0.39 is 0 Å². The summed E-state index contributed by atoms with van der Waals surface area (Å²) in [5.41, 5.74) is 13.8. The summed E-state index contributed by atoms with van der Waals surface area (Å²) in [7, 11) is 1.88. The molecule has 0 radical (unpaired) electrons. The summed E-state index contributed by atoms with van der Waals surface area (Å²) in [6.45, 7) is 21.1. The van der Waals surface area contributed by atoms with Gasteiger partial charge in [-0.15, -0.1) is 0 Å². The lowest BCUT2D eigenvalue weighted by Gasteiger charge is -2.37. The molecular formula is C68H83F2N3O2. The lowest BCUT2D eigenvalue weighted by Crippen LogP contribution is -2.40. The van der Waals surface area contributed by atoms with Crippen LogP contribution >= 0.6 is 0 Å². The van der Waals surface area contributed by atoms with Crippen molar-refractivity contribution in [1.82, 2.24) is 15.2 Å². The van der Waals surface area contributed by atoms with Crippen LogP contribution in [-0.4, -0.2) is 47.1 Å². The highest BCUT2D eigenvalue weighted by Gasteiger charge is 2.47. The molecule has 5 aliphatic carbocycles. The molecule has 396 valence electrons. The van der Waals surface area contributed by atoms with E-state index in [2.05, 4.69) is 128 Å². The molecule has 1 aromatic heterocycles. The van der Waals surface area contributed by atoms with E-state index in [1.54, 1.807) is 19.1 Å². The second-order valence-electron chi connectivity index (χ2n) is 25.0. The maximum Gasteiger partial charge on any atom is 0.217 e. The van der Waals surface area contributed by atoms with Gasteiger partial charge in [0.25, 0.3) is 0 Å². The fourth-order valence-corrected chi connectivity index (χ4v) is 15.7. The zero-order valence-electron chi connectivity index (χ0n) is 45.8. The summed E-state index contributed by atoms with van der Waals surface area (Å²) in [5, 5.41) is 4.37. The van der Waals surface area contributed by atoms with Gasteiger partial charge in [0.05, 0.1) is 17.7 Å². The number of benzene rings is 4. The second-order valence-corrected chi connectivity index (χ2v) is 25.0. The average Bonchev–Trinajstić information content (AvgIpc) is 4.07. The summed E-state index contributed by atoms with van der Waals surface area (Å²) in [5.74, 6) is 1.28. The Morgan fingerprint density at radius 1 is 0.760 bits per heavy atom. The summed E-state index contributed by atoms with van der Waals surface area (Å²) in [6.07, 6.45) is 17.6. The van der Waals surface area contributed by atoms with Crippen LogP contribution in [0.3, 0.4) is 0 Å². The van der Waals surface area contributed by atoms with Crippen molar-refractivity contribution in [3.05, 3.63) is 171 Å². The van der Waals surface area contributed by atoms with Gasteiger partial charge in [0.1, 0.15) is 11.6 Å². The van der Waals surface area contributed by atoms with Gasteiger partial charge in [-0.1, -0.05) is 114 Å². The molecule has 11 rings (SSSR count). The number of likely N-dealkylation sites (tertiary alicyclic amines) is 1. The minimum absolute atomic E-state index is 0.0197. The molecule has 2 unspecified atom stereocenters. The summed E-state index contributed by atoms with van der Waals surface area (Å²) < 4.78 is 40.0. The van der Waals surface area contributed by atoms with E-state index in [-0.39, 0.29) is 70.3 Å². The van der Waals surface area contributed by atoms with Gasteiger partial charge >= 0.3 is 0 Å². The highest BCUT2D eigenvalue weighted by Crippen LogP contribution is 2.56. The van der Waals surface area contributed by atoms with Gasteiger partial charge in [-0.25, -0.2) is 8.78 Å². The largest absolute Gasteiger partial charge is 0.378 e. The van der Waals surface area contributed by atoms with E-state index in [0.717, 1.165) is 113 Å². The van der Waals surface area contributed by atoms with E-state index in [9.17, 15) is 4.79 Å². The molecule has 2 heterocycles. The molecule has 2 N–H and O–H groups in total. The second kappa shape index (κ2) is 21.3. The molecule has 0 bridgehead atoms. The molecule has 75 heavy (non-hydrogen) atoms. The van der Waals surface area contributed by atoms with Crippen molar-refractivity contribution in [1.29, 1.82) is 0 Å². The Hall–Kier alpha value is -5.27. The normalized spacial score (nSPS) is 27.0. The minimum atomic E-state index is -0.382. The number of H-pyrrole nitrogens is 1. The number of hydrogen-bond acceptors (Lipinski definition) is 3. The molecule has 1 amide bonds. The predicted octanol–water partition coefficient (Wildman–Crippen LogP) is 16.7. The number of hydrogen-bond donors (Lipinski definition) is 2. The van der Waals surface area contributed by atoms with Crippen molar-refractivity contribution >= 4 is 22.9 Å². The Bertz CT molecular complexity index is 2930. The van der Waals surface area contributed by atoms with Crippen LogP contribution in [0, 0.1) is 35.3 Å². The molecule has 6 aliphatic rings. The van der Waals surface area contributed by atoms with Gasteiger partial charge in [0.2, 0.25) is 5.91 Å². The van der Waals surface area contributed by atoms with Crippen molar-refractivity contribution in [3.63, 3.8) is 0 Å². The Morgan fingerprint density at radius 3 is 2.12 bits per heavy atom. The van der Waals surface area contributed by atoms with Crippen molar-refractivity contribution in [3.8, 4) is 0 Å². The SMILES string of the molecule is C=C(C1CCC[C@H]1c1cc2cc([C@H]3CC[C@@H](c4ccc5c(c4)C=C([C@@H]4CCCN4C(=C)[C@@H](CC4(OC)CC4)C(C)C)C5)C3c3cc(F)c(C4CCC(c5ccccc5)CC4)c(F)c3)ccc2[nH]1)[C@@H](NC(C)=O)C(C)C. The van der Waals surface area contributed by atoms with Crippen LogP contribution in [0.4, 0.5) is 8.78 Å². The smallest absolute Gasteiger partial charge is 0.217 e. The average molecular weight is 1010 g/mol. The van der Waals surface area contributed by atoms with Gasteiger partial charge < -0.3 is 19.9 Å². The van der Waals surface area contributed by atoms with Gasteiger partial charge in [-0.2, -0.15) is 0 Å². The van der Waals surface area contributed by atoms with E-state index in [0.29, 0.717) is 29.7 Å². The Kier molecular flexibility index (Phi) is 14.7. The van der Waals surface area contributed by atoms with Crippen LogP contribution in [0.1, 0.15) is 205 Å². The number of halogens is 2. The first-order valence-corrected chi connectivity index (χ1v) is 29.1. The molecule has 4 aromatic carbocycles. The van der Waals surface area contributed by atoms with E-state index >= 15 is 8.78 Å². The lowest BCUT2D eigenvalue weighted by molar-refractivity contribution is -0.119. The van der Waals surface area contributed by atoms with Crippen LogP contribution in [0.15, 0.2) is 115 Å². The summed E-state index contributed by atoms with van der Waals surface area (Å²) in [6, 6.07) is 30.7. The third kappa shape index (κ3) is 10.3. The molecule has 5 aromatic rings. The maximum absolute atomic E-state index is 17.0. The van der Waals surface area contributed by atoms with Gasteiger partial charge in [-0.3, -0.25) is 4.79 Å². The fraction of sp³-hybridized carbons (Fsp3) is 0.515. The number of fused-ring (bicyclic) bond motifs is 2. The van der Waals surface area contributed by atoms with Gasteiger partial charge in [0, 0.05) is 54.9 Å². The number of nitrogens with zero attached hydrogens (tertiary/aromatic N) is 1. The number of aromatic amines is 1. The lowest BCUT2D eigenvalue weighted by atomic mass is 9.74. The number of rotatable bonds is 17. The summed E-state index contributed by atoms with van der Waals surface area (Å²) in [4.78, 5) is 18.7. The standard InChI is InChI=1S/C68H83F2N3O2/c1-40(2)59(39-68(75-8)29-30-68)43(6)73-31-13-18-64(73)53-32-48-23-24-49(33-51(48)35-53)56-26-27-57(65(56)54-36-60(69)66(61(70)37-54)47-21-19-46(20-22-47)45-14-10-9-11-15-45)50-25-28-62-52(34-50)38-63(72-62)58-17-12-16-55(58)42(5)67(41(3)4)71-44(7)74/h9-11,14-15,23-25,28,33-38,40-41,46-47,55-59,64-65,67,72H,5-6,12-13,16-22,26-27,29-32,39H2,1-4,7-8H3,(H,71,74)/t46?,47?,55?,56-,57+,58+,59-,64-,65?,67-/m0/s1. The molecule has 4 saturated carbocycles. The topological polar surface area (TPSA) is 57.4 Å². The molecule has 0 spiro atoms. The zero-order chi connectivity index (χ0) is 52.3. The number of amides is 1. The molecule has 5 fully saturated rings. The molecule has 7 heteroatoms. The number of ether oxygens (including phenoxy) is 1. The minimum Gasteiger partial charge on any atom is -0.378 e. The van der Waals surface area contributed by atoms with Crippen molar-refractivity contribution in [2.24, 2.45) is 23.7 Å². The van der Waals surface area contributed by atoms with Crippen LogP contribution in [0.2, 0.25) is 0 Å². The number of aromatic nitrogens is 1. The number of methoxy groups -OCH3 is 1. The van der Waals surface area contributed by atoms with Crippen molar-refractivity contribution < 1.29 is 18.3 Å². The first-order valence-electron chi connectivity index (χ1n) is 29.1. The van der Waals surface area contributed by atoms with Crippen LogP contribution in [0.5, 0.6) is 0 Å². The van der Waals surface area contributed by atoms with E-state index in [1.807, 2.05) is 7.11 Å². The van der Waals surface area contributed by atoms with Gasteiger partial charge in [0.15, 0.2) is 0 Å². The molecule has 1 aliphatic heterocycles. The monoisotopic (exact) mass is 1010 g/mol. The Balaban J connectivity index is 0.896. The number of carbonyl (C=O) groups is 1. The Labute approximate surface area is 447 Å². The predicted molar refractivity (Wildman–Crippen MR) is 303 cm³/mol. The fourth-order valence-electron chi connectivity index (χ4n) is 15.7. The zero-order valence-corrected chi connectivity index (χ0v) is 45.8. The van der Waals surface area contributed by atoms with E-state index in [1.165, 1.54) is 56.6 Å². The van der Waals surface area contributed by atoms with Crippen LogP contribution < -0.4 is 5.32 Å². The molecule has 1 saturated heterocycles. The highest BCUT2D eigenvalue weighted by atomic mass is 19.1. The third-order valence-electron chi connectivity index (χ3n) is 19.9. The van der Waals surface area contributed by atoms with Gasteiger partial charge in [-0.05, 0) is 212 Å². The first-order chi connectivity index (χ1) is 36.2. The highest BCUT2D eigenvalue weighted by molar-refractivity contribution is 5.82. The number of carbonyl (C=O) groups excluding carboxylic acids is 1. The van der Waals surface area contributed by atoms with Crippen LogP contribution in [0.25, 0.3) is 17.0 Å². The number of allylic oxidation sites excluding steroid dienone is 1. The maximum atomic E-state index is 17.0. The van der Waals surface area contributed by atoms with Crippen molar-refractivity contribution in [2.45, 2.75) is 184 Å². The molecule has 5 nitrogen and oxygen atoms in total. The first kappa shape index (κ1) is 51.8. The van der Waals surface area contributed by atoms with Crippen LogP contribution in [-0.2, 0) is 16.0 Å². The quantitative estimate of drug-likeness (QED) is 0.0913. The van der Waals surface area contributed by atoms with Crippen molar-refractivity contribution in [2.75, 3.05) is 13.7 Å². The molecule has 8 atom stereocenters. The molecular weight excluding hydrogens is 929 g/mol. The van der Waals surface area contributed by atoms with E-state index in [4.69, 9.17) is 11.3 Å². The third-order valence-corrected chi connectivity index (χ3v) is 19.9. The number of nitrogens with one attached hydrogen (secondary N) is 2. The Morgan fingerprint density at radius 2 is 1.45 bits per heavy atom.